The summed E-state index contributed by atoms with van der Waals surface area (Å²) in [6.07, 6.45) is 3.07. The van der Waals surface area contributed by atoms with Crippen LogP contribution in [0.25, 0.3) is 0 Å². The highest BCUT2D eigenvalue weighted by atomic mass is 16.6. The zero-order valence-corrected chi connectivity index (χ0v) is 24.7. The molecule has 4 atom stereocenters. The molecule has 2 aromatic carbocycles. The number of non-ortho nitro benzene ring substituents is 2. The van der Waals surface area contributed by atoms with Crippen molar-refractivity contribution in [1.29, 1.82) is 0 Å². The molecule has 4 saturated heterocycles. The largest absolute Gasteiger partial charge is 0.371 e. The number of nitro groups is 2. The van der Waals surface area contributed by atoms with Crippen molar-refractivity contribution in [3.8, 4) is 0 Å². The molecule has 44 heavy (non-hydrogen) atoms. The Labute approximate surface area is 255 Å². The lowest BCUT2D eigenvalue weighted by Crippen LogP contribution is -2.41. The fourth-order valence-corrected chi connectivity index (χ4v) is 8.44. The van der Waals surface area contributed by atoms with Gasteiger partial charge >= 0.3 is 0 Å². The minimum absolute atomic E-state index is 0.00290. The number of nitro benzene ring substituents is 2. The molecule has 12 nitrogen and oxygen atoms in total. The van der Waals surface area contributed by atoms with Crippen molar-refractivity contribution in [1.82, 2.24) is 9.80 Å². The first-order valence-corrected chi connectivity index (χ1v) is 15.8. The first-order valence-electron chi connectivity index (χ1n) is 15.8. The number of amides is 2. The first-order chi connectivity index (χ1) is 21.2. The Balaban J connectivity index is 0.855. The molecule has 5 fully saturated rings. The molecular weight excluding hydrogens is 564 g/mol. The average Bonchev–Trinajstić information content (AvgIpc) is 3.80. The minimum atomic E-state index is -0.382. The van der Waals surface area contributed by atoms with E-state index < -0.39 is 0 Å². The Morgan fingerprint density at radius 1 is 0.523 bits per heavy atom. The van der Waals surface area contributed by atoms with Gasteiger partial charge in [0.2, 0.25) is 11.8 Å². The van der Waals surface area contributed by atoms with Crippen molar-refractivity contribution in [3.05, 3.63) is 68.8 Å². The van der Waals surface area contributed by atoms with Gasteiger partial charge in [-0.3, -0.25) is 29.8 Å². The molecule has 4 aliphatic heterocycles. The highest BCUT2D eigenvalue weighted by molar-refractivity contribution is 5.82. The molecule has 4 heterocycles. The lowest BCUT2D eigenvalue weighted by Gasteiger charge is -2.33. The fraction of sp³-hybridized carbons (Fsp3) is 0.562. The van der Waals surface area contributed by atoms with Gasteiger partial charge in [-0.2, -0.15) is 0 Å². The van der Waals surface area contributed by atoms with Crippen LogP contribution in [0.15, 0.2) is 48.5 Å². The summed E-state index contributed by atoms with van der Waals surface area (Å²) < 4.78 is 0. The topological polar surface area (TPSA) is 133 Å². The van der Waals surface area contributed by atoms with E-state index in [9.17, 15) is 29.8 Å². The zero-order chi connectivity index (χ0) is 30.5. The third-order valence-corrected chi connectivity index (χ3v) is 10.9. The van der Waals surface area contributed by atoms with Gasteiger partial charge in [0.05, 0.1) is 9.85 Å². The van der Waals surface area contributed by atoms with Crippen LogP contribution in [0.1, 0.15) is 25.7 Å². The Bertz CT molecular complexity index is 1300. The van der Waals surface area contributed by atoms with Crippen LogP contribution in [0, 0.1) is 55.7 Å². The predicted octanol–water partition coefficient (Wildman–Crippen LogP) is 3.80. The van der Waals surface area contributed by atoms with E-state index in [1.165, 1.54) is 0 Å². The zero-order valence-electron chi connectivity index (χ0n) is 24.7. The quantitative estimate of drug-likeness (QED) is 0.360. The maximum atomic E-state index is 13.5. The van der Waals surface area contributed by atoms with E-state index in [2.05, 4.69) is 9.80 Å². The van der Waals surface area contributed by atoms with Gasteiger partial charge in [0.1, 0.15) is 0 Å². The summed E-state index contributed by atoms with van der Waals surface area (Å²) in [4.78, 5) is 56.7. The van der Waals surface area contributed by atoms with Gasteiger partial charge in [0.15, 0.2) is 0 Å². The van der Waals surface area contributed by atoms with E-state index in [0.717, 1.165) is 89.4 Å². The molecular formula is C32H38N6O6. The van der Waals surface area contributed by atoms with Crippen LogP contribution in [-0.2, 0) is 9.59 Å². The molecule has 1 saturated carbocycles. The highest BCUT2D eigenvalue weighted by Gasteiger charge is 2.46. The molecule has 5 aliphatic rings. The number of hydrogen-bond acceptors (Lipinski definition) is 8. The number of benzene rings is 2. The van der Waals surface area contributed by atoms with Crippen LogP contribution >= 0.6 is 0 Å². The number of hydrogen-bond donors (Lipinski definition) is 0. The number of fused-ring (bicyclic) bond motifs is 2. The monoisotopic (exact) mass is 602 g/mol. The molecule has 12 heteroatoms. The Kier molecular flexibility index (Phi) is 7.37. The summed E-state index contributed by atoms with van der Waals surface area (Å²) in [5.74, 6) is 2.14. The summed E-state index contributed by atoms with van der Waals surface area (Å²) in [5.41, 5.74) is 2.18. The number of likely N-dealkylation sites (tertiary alicyclic amines) is 2. The van der Waals surface area contributed by atoms with Gasteiger partial charge in [-0.1, -0.05) is 0 Å². The van der Waals surface area contributed by atoms with Crippen molar-refractivity contribution in [2.45, 2.75) is 25.7 Å². The summed E-state index contributed by atoms with van der Waals surface area (Å²) in [7, 11) is 0. The van der Waals surface area contributed by atoms with Crippen LogP contribution < -0.4 is 9.80 Å². The predicted molar refractivity (Wildman–Crippen MR) is 163 cm³/mol. The van der Waals surface area contributed by atoms with Crippen LogP contribution in [0.4, 0.5) is 22.7 Å². The smallest absolute Gasteiger partial charge is 0.269 e. The Morgan fingerprint density at radius 2 is 0.818 bits per heavy atom. The minimum Gasteiger partial charge on any atom is -0.371 e. The van der Waals surface area contributed by atoms with E-state index in [1.807, 2.05) is 34.1 Å². The van der Waals surface area contributed by atoms with Crippen molar-refractivity contribution >= 4 is 34.6 Å². The molecule has 0 spiro atoms. The molecule has 232 valence electrons. The molecule has 0 bridgehead atoms. The standard InChI is InChI=1S/C32H38N6O6/c39-31(35-17-23-13-33(14-24(23)18-35)27-5-9-29(10-6-27)37(41)42)21-1-2-22(4-3-21)32(40)36-19-25-15-34(16-26(25)20-36)28-7-11-30(12-8-28)38(43)44/h5-12,21-26H,1-4,13-20H2. The van der Waals surface area contributed by atoms with Crippen LogP contribution in [0.5, 0.6) is 0 Å². The molecule has 2 aromatic rings. The average molecular weight is 603 g/mol. The molecule has 4 unspecified atom stereocenters. The van der Waals surface area contributed by atoms with E-state index in [0.29, 0.717) is 23.7 Å². The summed E-state index contributed by atoms with van der Waals surface area (Å²) in [6.45, 7) is 6.49. The Morgan fingerprint density at radius 3 is 1.09 bits per heavy atom. The maximum Gasteiger partial charge on any atom is 0.269 e. The third-order valence-electron chi connectivity index (χ3n) is 10.9. The van der Waals surface area contributed by atoms with Crippen molar-refractivity contribution in [2.75, 3.05) is 62.2 Å². The van der Waals surface area contributed by atoms with Gasteiger partial charge in [-0.15, -0.1) is 0 Å². The van der Waals surface area contributed by atoms with Crippen molar-refractivity contribution in [2.24, 2.45) is 35.5 Å². The van der Waals surface area contributed by atoms with Gasteiger partial charge in [-0.05, 0) is 49.9 Å². The number of carbonyl (C=O) groups excluding carboxylic acids is 2. The number of carbonyl (C=O) groups is 2. The number of nitrogens with zero attached hydrogens (tertiary/aromatic N) is 6. The van der Waals surface area contributed by atoms with E-state index in [4.69, 9.17) is 0 Å². The molecule has 2 amide bonds. The second-order valence-corrected chi connectivity index (χ2v) is 13.4. The van der Waals surface area contributed by atoms with Gasteiger partial charge in [-0.25, -0.2) is 0 Å². The maximum absolute atomic E-state index is 13.5. The normalized spacial score (nSPS) is 29.5. The fourth-order valence-electron chi connectivity index (χ4n) is 8.44. The lowest BCUT2D eigenvalue weighted by molar-refractivity contribution is -0.385. The Hall–Kier alpha value is -4.22. The number of anilines is 2. The third kappa shape index (κ3) is 5.35. The molecule has 1 aliphatic carbocycles. The molecule has 0 N–H and O–H groups in total. The van der Waals surface area contributed by atoms with E-state index in [1.54, 1.807) is 24.3 Å². The first kappa shape index (κ1) is 28.5. The highest BCUT2D eigenvalue weighted by Crippen LogP contribution is 2.39. The lowest BCUT2D eigenvalue weighted by atomic mass is 9.80. The second kappa shape index (κ2) is 11.4. The summed E-state index contributed by atoms with van der Waals surface area (Å²) in [5, 5.41) is 21.9. The summed E-state index contributed by atoms with van der Waals surface area (Å²) >= 11 is 0. The molecule has 0 aromatic heterocycles. The molecule has 0 radical (unpaired) electrons. The number of rotatable bonds is 6. The van der Waals surface area contributed by atoms with Crippen LogP contribution in [-0.4, -0.2) is 83.8 Å². The van der Waals surface area contributed by atoms with Gasteiger partial charge < -0.3 is 19.6 Å². The van der Waals surface area contributed by atoms with E-state index >= 15 is 0 Å². The second-order valence-electron chi connectivity index (χ2n) is 13.4. The van der Waals surface area contributed by atoms with Gasteiger partial charge in [0.25, 0.3) is 11.4 Å². The van der Waals surface area contributed by atoms with Crippen molar-refractivity contribution < 1.29 is 19.4 Å². The van der Waals surface area contributed by atoms with E-state index in [-0.39, 0.29) is 44.9 Å². The SMILES string of the molecule is O=C(C1CCC(C(=O)N2CC3CN(c4ccc([N+](=O)[O-])cc4)CC3C2)CC1)N1CC2CN(c3ccc([N+](=O)[O-])cc3)CC2C1. The summed E-state index contributed by atoms with van der Waals surface area (Å²) in [6, 6.07) is 13.4. The molecule has 7 rings (SSSR count). The van der Waals surface area contributed by atoms with Gasteiger partial charge in [0, 0.05) is 124 Å². The van der Waals surface area contributed by atoms with Crippen LogP contribution in [0.2, 0.25) is 0 Å². The van der Waals surface area contributed by atoms with Crippen molar-refractivity contribution in [3.63, 3.8) is 0 Å². The van der Waals surface area contributed by atoms with Crippen LogP contribution in [0.3, 0.4) is 0 Å².